The molecule has 0 spiro atoms. The molecule has 1 saturated carbocycles. The molecule has 43 heavy (non-hydrogen) atoms. The minimum absolute atomic E-state index is 0.0826. The van der Waals surface area contributed by atoms with Crippen LogP contribution in [0.1, 0.15) is 63.0 Å². The van der Waals surface area contributed by atoms with Gasteiger partial charge >= 0.3 is 0 Å². The molecule has 1 aromatic carbocycles. The van der Waals surface area contributed by atoms with Crippen LogP contribution in [-0.2, 0) is 21.7 Å². The third kappa shape index (κ3) is 6.86. The van der Waals surface area contributed by atoms with E-state index in [4.69, 9.17) is 21.6 Å². The summed E-state index contributed by atoms with van der Waals surface area (Å²) in [5.74, 6) is 1.31. The fourth-order valence-electron chi connectivity index (χ4n) is 5.07. The predicted molar refractivity (Wildman–Crippen MR) is 163 cm³/mol. The van der Waals surface area contributed by atoms with Gasteiger partial charge in [0, 0.05) is 26.3 Å². The van der Waals surface area contributed by atoms with Crippen LogP contribution in [0.2, 0.25) is 5.02 Å². The molecule has 1 saturated heterocycles. The Labute approximate surface area is 256 Å². The average Bonchev–Trinajstić information content (AvgIpc) is 3.71. The number of anilines is 4. The van der Waals surface area contributed by atoms with Gasteiger partial charge in [0.05, 0.1) is 35.0 Å². The number of aryl methyl sites for hydroxylation is 2. The number of hydrogen-bond donors (Lipinski definition) is 2. The lowest BCUT2D eigenvalue weighted by Gasteiger charge is -2.33. The minimum Gasteiger partial charge on any atom is -0.488 e. The first-order chi connectivity index (χ1) is 20.5. The van der Waals surface area contributed by atoms with Crippen molar-refractivity contribution in [1.82, 2.24) is 24.6 Å². The molecular weight excluding hydrogens is 592 g/mol. The number of benzene rings is 1. The number of nitrogens with zero attached hydrogens (tertiary/aromatic N) is 6. The van der Waals surface area contributed by atoms with Crippen LogP contribution in [0.25, 0.3) is 0 Å². The van der Waals surface area contributed by atoms with Crippen LogP contribution in [0.5, 0.6) is 5.75 Å². The first-order valence-electron chi connectivity index (χ1n) is 14.3. The van der Waals surface area contributed by atoms with E-state index in [1.807, 2.05) is 19.1 Å². The molecule has 3 aromatic rings. The van der Waals surface area contributed by atoms with Gasteiger partial charge in [0.15, 0.2) is 5.82 Å². The Kier molecular flexibility index (Phi) is 8.80. The Morgan fingerprint density at radius 2 is 1.91 bits per heavy atom. The Morgan fingerprint density at radius 1 is 1.19 bits per heavy atom. The number of likely N-dealkylation sites (tertiary alicyclic amines) is 1. The molecule has 0 bridgehead atoms. The number of halogens is 1. The second kappa shape index (κ2) is 12.4. The van der Waals surface area contributed by atoms with Crippen molar-refractivity contribution in [2.24, 2.45) is 7.05 Å². The number of piperidine rings is 1. The third-order valence-corrected chi connectivity index (χ3v) is 9.99. The maximum atomic E-state index is 12.9. The molecule has 1 aliphatic carbocycles. The van der Waals surface area contributed by atoms with Crippen molar-refractivity contribution >= 4 is 50.5 Å². The molecule has 2 aliphatic rings. The van der Waals surface area contributed by atoms with Gasteiger partial charge in [-0.25, -0.2) is 13.4 Å². The number of amides is 1. The van der Waals surface area contributed by atoms with Gasteiger partial charge < -0.3 is 20.3 Å². The number of carbonyl (C=O) groups excluding carboxylic acids is 1. The molecule has 228 valence electrons. The quantitative estimate of drug-likeness (QED) is 0.314. The van der Waals surface area contributed by atoms with Crippen LogP contribution in [0.15, 0.2) is 29.6 Å². The maximum Gasteiger partial charge on any atom is 0.236 e. The smallest absolute Gasteiger partial charge is 0.236 e. The molecule has 2 N–H and O–H groups in total. The standard InChI is InChI=1S/C29H35ClN8O4S/c1-17(2)43(40,41)28-24(16-37(4)36-28)33-27-22(30)15-32-29(35-27)34-23-13-18(3)21(14-25(23)42-20-5-6-20)19-8-11-38(12-9-19)26(39)7-10-31/h13-17,19-20H,5-9,11-12H2,1-4H3,(H2,32,33,34,35). The third-order valence-electron chi connectivity index (χ3n) is 7.63. The maximum absolute atomic E-state index is 12.9. The minimum atomic E-state index is -3.66. The highest BCUT2D eigenvalue weighted by molar-refractivity contribution is 7.92. The van der Waals surface area contributed by atoms with Crippen LogP contribution < -0.4 is 15.4 Å². The van der Waals surface area contributed by atoms with Crippen LogP contribution in [0.3, 0.4) is 0 Å². The van der Waals surface area contributed by atoms with E-state index in [9.17, 15) is 13.2 Å². The molecule has 1 amide bonds. The summed E-state index contributed by atoms with van der Waals surface area (Å²) in [7, 11) is -2.02. The summed E-state index contributed by atoms with van der Waals surface area (Å²) in [5.41, 5.74) is 3.20. The zero-order valence-corrected chi connectivity index (χ0v) is 26.2. The number of sulfone groups is 1. The molecule has 0 atom stereocenters. The fourth-order valence-corrected chi connectivity index (χ4v) is 6.31. The highest BCUT2D eigenvalue weighted by Crippen LogP contribution is 2.40. The number of carbonyl (C=O) groups is 1. The Bertz CT molecular complexity index is 1670. The van der Waals surface area contributed by atoms with Crippen molar-refractivity contribution in [3.05, 3.63) is 40.7 Å². The number of hydrogen-bond acceptors (Lipinski definition) is 10. The summed E-state index contributed by atoms with van der Waals surface area (Å²) in [6, 6.07) is 6.03. The zero-order chi connectivity index (χ0) is 30.9. The fraction of sp³-hybridized carbons (Fsp3) is 0.483. The molecule has 0 unspecified atom stereocenters. The lowest BCUT2D eigenvalue weighted by Crippen LogP contribution is -2.37. The summed E-state index contributed by atoms with van der Waals surface area (Å²) in [5, 5.41) is 18.8. The van der Waals surface area contributed by atoms with Crippen molar-refractivity contribution in [2.45, 2.75) is 75.2 Å². The summed E-state index contributed by atoms with van der Waals surface area (Å²) < 4.78 is 33.5. The van der Waals surface area contributed by atoms with Gasteiger partial charge in [-0.2, -0.15) is 15.3 Å². The van der Waals surface area contributed by atoms with Crippen LogP contribution in [-0.4, -0.2) is 63.4 Å². The number of rotatable bonds is 10. The molecule has 2 aromatic heterocycles. The Morgan fingerprint density at radius 3 is 2.56 bits per heavy atom. The van der Waals surface area contributed by atoms with E-state index in [1.165, 1.54) is 16.4 Å². The number of aromatic nitrogens is 4. The van der Waals surface area contributed by atoms with E-state index >= 15 is 0 Å². The highest BCUT2D eigenvalue weighted by atomic mass is 35.5. The average molecular weight is 627 g/mol. The van der Waals surface area contributed by atoms with Gasteiger partial charge in [0.25, 0.3) is 0 Å². The van der Waals surface area contributed by atoms with Gasteiger partial charge in [0.1, 0.15) is 17.2 Å². The van der Waals surface area contributed by atoms with E-state index in [2.05, 4.69) is 31.8 Å². The Hall–Kier alpha value is -3.89. The van der Waals surface area contributed by atoms with E-state index in [-0.39, 0.29) is 51.9 Å². The van der Waals surface area contributed by atoms with Crippen molar-refractivity contribution in [3.63, 3.8) is 0 Å². The van der Waals surface area contributed by atoms with Gasteiger partial charge in [-0.1, -0.05) is 11.6 Å². The highest BCUT2D eigenvalue weighted by Gasteiger charge is 2.29. The topological polar surface area (TPSA) is 155 Å². The second-order valence-electron chi connectivity index (χ2n) is 11.3. The summed E-state index contributed by atoms with van der Waals surface area (Å²) in [6.45, 7) is 6.49. The summed E-state index contributed by atoms with van der Waals surface area (Å²) >= 11 is 6.42. The molecule has 1 aliphatic heterocycles. The van der Waals surface area contributed by atoms with Crippen LogP contribution in [0, 0.1) is 18.3 Å². The molecule has 0 radical (unpaired) electrons. The predicted octanol–water partition coefficient (Wildman–Crippen LogP) is 5.00. The lowest BCUT2D eigenvalue weighted by atomic mass is 9.86. The molecule has 14 heteroatoms. The van der Waals surface area contributed by atoms with Crippen molar-refractivity contribution in [2.75, 3.05) is 23.7 Å². The van der Waals surface area contributed by atoms with Crippen molar-refractivity contribution in [1.29, 1.82) is 5.26 Å². The normalized spacial score (nSPS) is 15.8. The van der Waals surface area contributed by atoms with E-state index in [0.717, 1.165) is 31.2 Å². The van der Waals surface area contributed by atoms with Crippen LogP contribution in [0.4, 0.5) is 23.1 Å². The second-order valence-corrected chi connectivity index (χ2v) is 14.1. The summed E-state index contributed by atoms with van der Waals surface area (Å²) in [6.07, 6.45) is 6.66. The lowest BCUT2D eigenvalue weighted by molar-refractivity contribution is -0.131. The molecule has 2 fully saturated rings. The monoisotopic (exact) mass is 626 g/mol. The van der Waals surface area contributed by atoms with Crippen molar-refractivity contribution < 1.29 is 17.9 Å². The van der Waals surface area contributed by atoms with Gasteiger partial charge in [-0.3, -0.25) is 9.48 Å². The molecular formula is C29H35ClN8O4S. The summed E-state index contributed by atoms with van der Waals surface area (Å²) in [4.78, 5) is 22.8. The van der Waals surface area contributed by atoms with Crippen molar-refractivity contribution in [3.8, 4) is 11.8 Å². The number of ether oxygens (including phenoxy) is 1. The van der Waals surface area contributed by atoms with Gasteiger partial charge in [0.2, 0.25) is 26.7 Å². The SMILES string of the molecule is Cc1cc(Nc2ncc(Cl)c(Nc3cn(C)nc3S(=O)(=O)C(C)C)n2)c(OC2CC2)cc1C1CCN(C(=O)CC#N)CC1. The van der Waals surface area contributed by atoms with Crippen LogP contribution >= 0.6 is 11.6 Å². The largest absolute Gasteiger partial charge is 0.488 e. The first kappa shape index (κ1) is 30.6. The Balaban J connectivity index is 1.39. The van der Waals surface area contributed by atoms with Gasteiger partial charge in [-0.05, 0) is 75.6 Å². The number of nitriles is 1. The van der Waals surface area contributed by atoms with E-state index in [1.54, 1.807) is 32.0 Å². The molecule has 5 rings (SSSR count). The molecule has 12 nitrogen and oxygen atoms in total. The molecule has 3 heterocycles. The zero-order valence-electron chi connectivity index (χ0n) is 24.6. The number of nitrogens with one attached hydrogen (secondary N) is 2. The van der Waals surface area contributed by atoms with Gasteiger partial charge in [-0.15, -0.1) is 0 Å². The van der Waals surface area contributed by atoms with E-state index < -0.39 is 15.1 Å². The van der Waals surface area contributed by atoms with E-state index in [0.29, 0.717) is 24.5 Å². The first-order valence-corrected chi connectivity index (χ1v) is 16.2.